The van der Waals surface area contributed by atoms with Crippen LogP contribution in [0.2, 0.25) is 0 Å². The Morgan fingerprint density at radius 1 is 1.24 bits per heavy atom. The summed E-state index contributed by atoms with van der Waals surface area (Å²) in [6.07, 6.45) is -3.97. The first kappa shape index (κ1) is 17.5. The number of rotatable bonds is 7. The highest BCUT2D eigenvalue weighted by atomic mass is 19.4. The van der Waals surface area contributed by atoms with Crippen LogP contribution in [-0.2, 0) is 6.18 Å². The summed E-state index contributed by atoms with van der Waals surface area (Å²) < 4.78 is 38.4. The molecule has 3 N–H and O–H groups in total. The summed E-state index contributed by atoms with van der Waals surface area (Å²) in [6.45, 7) is 5.81. The van der Waals surface area contributed by atoms with Crippen LogP contribution in [0, 0.1) is 0 Å². The van der Waals surface area contributed by atoms with Crippen molar-refractivity contribution in [1.82, 2.24) is 9.97 Å². The van der Waals surface area contributed by atoms with E-state index < -0.39 is 18.1 Å². The van der Waals surface area contributed by atoms with Crippen LogP contribution >= 0.6 is 0 Å². The molecule has 0 saturated heterocycles. The molecule has 0 aliphatic rings. The number of aliphatic hydroxyl groups is 1. The number of hydrogen-bond acceptors (Lipinski definition) is 5. The third-order valence-electron chi connectivity index (χ3n) is 2.62. The van der Waals surface area contributed by atoms with Gasteiger partial charge in [-0.05, 0) is 26.7 Å². The molecule has 0 saturated carbocycles. The lowest BCUT2D eigenvalue weighted by Crippen LogP contribution is -2.23. The first-order valence-corrected chi connectivity index (χ1v) is 6.87. The second kappa shape index (κ2) is 7.44. The molecule has 1 heterocycles. The topological polar surface area (TPSA) is 70.1 Å². The molecule has 0 aromatic carbocycles. The number of hydrogen-bond donors (Lipinski definition) is 3. The zero-order valence-corrected chi connectivity index (χ0v) is 12.3. The van der Waals surface area contributed by atoms with Crippen LogP contribution in [0.1, 0.15) is 39.4 Å². The lowest BCUT2D eigenvalue weighted by Gasteiger charge is -2.18. The fourth-order valence-electron chi connectivity index (χ4n) is 1.81. The number of halogens is 3. The van der Waals surface area contributed by atoms with E-state index in [-0.39, 0.29) is 17.7 Å². The molecule has 2 unspecified atom stereocenters. The maximum atomic E-state index is 12.8. The third kappa shape index (κ3) is 6.16. The van der Waals surface area contributed by atoms with Crippen molar-refractivity contribution in [3.05, 3.63) is 11.9 Å². The molecule has 8 heteroatoms. The van der Waals surface area contributed by atoms with E-state index in [0.717, 1.165) is 6.42 Å². The van der Waals surface area contributed by atoms with Crippen LogP contribution < -0.4 is 10.6 Å². The molecule has 0 amide bonds. The predicted octanol–water partition coefficient (Wildman–Crippen LogP) is 2.89. The van der Waals surface area contributed by atoms with Crippen molar-refractivity contribution in [3.63, 3.8) is 0 Å². The molecule has 120 valence electrons. The zero-order valence-electron chi connectivity index (χ0n) is 12.3. The van der Waals surface area contributed by atoms with E-state index in [4.69, 9.17) is 0 Å². The standard InChI is InChI=1S/C13H21F3N4O/c1-4-5-17-10-7-11(18-8(2)6-9(3)21)20-12(19-10)13(14,15)16/h7-9,21H,4-6H2,1-3H3,(H2,17,18,19,20). The molecule has 0 radical (unpaired) electrons. The number of aliphatic hydroxyl groups excluding tert-OH is 1. The van der Waals surface area contributed by atoms with Gasteiger partial charge in [0.1, 0.15) is 11.6 Å². The van der Waals surface area contributed by atoms with E-state index in [1.165, 1.54) is 6.07 Å². The molecule has 0 bridgehead atoms. The highest BCUT2D eigenvalue weighted by Gasteiger charge is 2.35. The van der Waals surface area contributed by atoms with Crippen molar-refractivity contribution in [2.75, 3.05) is 17.2 Å². The molecule has 0 aliphatic heterocycles. The monoisotopic (exact) mass is 306 g/mol. The molecule has 0 aliphatic carbocycles. The summed E-state index contributed by atoms with van der Waals surface area (Å²) in [4.78, 5) is 6.96. The summed E-state index contributed by atoms with van der Waals surface area (Å²) in [5, 5.41) is 15.0. The van der Waals surface area contributed by atoms with E-state index in [1.807, 2.05) is 6.92 Å². The van der Waals surface area contributed by atoms with Gasteiger partial charge in [-0.2, -0.15) is 13.2 Å². The fourth-order valence-corrected chi connectivity index (χ4v) is 1.81. The lowest BCUT2D eigenvalue weighted by atomic mass is 10.1. The molecule has 1 aromatic rings. The van der Waals surface area contributed by atoms with Crippen LogP contribution in [0.15, 0.2) is 6.07 Å². The Balaban J connectivity index is 2.95. The van der Waals surface area contributed by atoms with Gasteiger partial charge in [-0.1, -0.05) is 6.92 Å². The number of aromatic nitrogens is 2. The van der Waals surface area contributed by atoms with Gasteiger partial charge in [0.15, 0.2) is 0 Å². The van der Waals surface area contributed by atoms with Crippen molar-refractivity contribution in [2.45, 2.75) is 51.9 Å². The zero-order chi connectivity index (χ0) is 16.0. The van der Waals surface area contributed by atoms with Crippen LogP contribution in [-0.4, -0.2) is 33.8 Å². The molecule has 1 aromatic heterocycles. The Kier molecular flexibility index (Phi) is 6.19. The van der Waals surface area contributed by atoms with Crippen LogP contribution in [0.3, 0.4) is 0 Å². The second-order valence-corrected chi connectivity index (χ2v) is 5.02. The summed E-state index contributed by atoms with van der Waals surface area (Å²) in [5.41, 5.74) is 0. The summed E-state index contributed by atoms with van der Waals surface area (Å²) in [5.74, 6) is -0.967. The molecule has 21 heavy (non-hydrogen) atoms. The average Bonchev–Trinajstić information content (AvgIpc) is 2.33. The highest BCUT2D eigenvalue weighted by molar-refractivity contribution is 5.48. The quantitative estimate of drug-likeness (QED) is 0.722. The molecule has 0 spiro atoms. The van der Waals surface area contributed by atoms with Crippen molar-refractivity contribution < 1.29 is 18.3 Å². The second-order valence-electron chi connectivity index (χ2n) is 5.02. The number of nitrogens with zero attached hydrogens (tertiary/aromatic N) is 2. The van der Waals surface area contributed by atoms with Gasteiger partial charge in [0.25, 0.3) is 0 Å². The lowest BCUT2D eigenvalue weighted by molar-refractivity contribution is -0.144. The van der Waals surface area contributed by atoms with Crippen molar-refractivity contribution in [2.24, 2.45) is 0 Å². The smallest absolute Gasteiger partial charge is 0.393 e. The van der Waals surface area contributed by atoms with Crippen molar-refractivity contribution in [3.8, 4) is 0 Å². The van der Waals surface area contributed by atoms with E-state index in [2.05, 4.69) is 20.6 Å². The number of anilines is 2. The van der Waals surface area contributed by atoms with Gasteiger partial charge in [0.2, 0.25) is 5.82 Å². The molecular weight excluding hydrogens is 285 g/mol. The first-order valence-electron chi connectivity index (χ1n) is 6.87. The fraction of sp³-hybridized carbons (Fsp3) is 0.692. The van der Waals surface area contributed by atoms with E-state index in [0.29, 0.717) is 13.0 Å². The average molecular weight is 306 g/mol. The molecule has 5 nitrogen and oxygen atoms in total. The normalized spacial score (nSPS) is 14.6. The maximum absolute atomic E-state index is 12.8. The van der Waals surface area contributed by atoms with Crippen LogP contribution in [0.25, 0.3) is 0 Å². The third-order valence-corrected chi connectivity index (χ3v) is 2.62. The van der Waals surface area contributed by atoms with Gasteiger partial charge in [0, 0.05) is 18.7 Å². The van der Waals surface area contributed by atoms with Crippen molar-refractivity contribution >= 4 is 11.6 Å². The molecule has 2 atom stereocenters. The van der Waals surface area contributed by atoms with E-state index in [1.54, 1.807) is 13.8 Å². The SMILES string of the molecule is CCCNc1cc(NC(C)CC(C)O)nc(C(F)(F)F)n1. The number of nitrogens with one attached hydrogen (secondary N) is 2. The van der Waals surface area contributed by atoms with Gasteiger partial charge in [-0.25, -0.2) is 9.97 Å². The number of alkyl halides is 3. The highest BCUT2D eigenvalue weighted by Crippen LogP contribution is 2.28. The minimum atomic E-state index is -4.60. The van der Waals surface area contributed by atoms with Gasteiger partial charge >= 0.3 is 6.18 Å². The Morgan fingerprint density at radius 2 is 1.86 bits per heavy atom. The maximum Gasteiger partial charge on any atom is 0.451 e. The minimum Gasteiger partial charge on any atom is -0.393 e. The van der Waals surface area contributed by atoms with E-state index >= 15 is 0 Å². The van der Waals surface area contributed by atoms with Crippen LogP contribution in [0.5, 0.6) is 0 Å². The van der Waals surface area contributed by atoms with Gasteiger partial charge in [-0.3, -0.25) is 0 Å². The van der Waals surface area contributed by atoms with E-state index in [9.17, 15) is 18.3 Å². The Labute approximate surface area is 122 Å². The van der Waals surface area contributed by atoms with Crippen LogP contribution in [0.4, 0.5) is 24.8 Å². The van der Waals surface area contributed by atoms with Gasteiger partial charge in [-0.15, -0.1) is 0 Å². The summed E-state index contributed by atoms with van der Waals surface area (Å²) >= 11 is 0. The van der Waals surface area contributed by atoms with Gasteiger partial charge < -0.3 is 15.7 Å². The first-order chi connectivity index (χ1) is 9.72. The molecule has 0 fully saturated rings. The van der Waals surface area contributed by atoms with Gasteiger partial charge in [0.05, 0.1) is 6.10 Å². The summed E-state index contributed by atoms with van der Waals surface area (Å²) in [6, 6.07) is 1.23. The molecule has 1 rings (SSSR count). The van der Waals surface area contributed by atoms with Crippen molar-refractivity contribution in [1.29, 1.82) is 0 Å². The predicted molar refractivity (Wildman–Crippen MR) is 75.2 cm³/mol. The Morgan fingerprint density at radius 3 is 2.38 bits per heavy atom. The largest absolute Gasteiger partial charge is 0.451 e. The summed E-state index contributed by atoms with van der Waals surface area (Å²) in [7, 11) is 0. The minimum absolute atomic E-state index is 0.0871. The molecular formula is C13H21F3N4O. The Bertz CT molecular complexity index is 452. The Hall–Kier alpha value is -1.57.